The monoisotopic (exact) mass is 482 g/mol. The van der Waals surface area contributed by atoms with E-state index >= 15 is 0 Å². The van der Waals surface area contributed by atoms with Gasteiger partial charge < -0.3 is 14.6 Å². The molecule has 1 aromatic rings. The van der Waals surface area contributed by atoms with Crippen LogP contribution in [0.25, 0.3) is 0 Å². The Morgan fingerprint density at radius 3 is 1.86 bits per heavy atom. The Kier molecular flexibility index (Phi) is 13.9. The molecule has 1 N–H and O–H groups in total. The van der Waals surface area contributed by atoms with Crippen LogP contribution in [0, 0.1) is 5.92 Å². The molecule has 194 valence electrons. The van der Waals surface area contributed by atoms with E-state index in [9.17, 15) is 9.90 Å². The molecule has 0 aliphatic rings. The first-order chi connectivity index (χ1) is 16.5. The van der Waals surface area contributed by atoms with Gasteiger partial charge in [-0.2, -0.15) is 0 Å². The lowest BCUT2D eigenvalue weighted by Crippen LogP contribution is -2.13. The summed E-state index contributed by atoms with van der Waals surface area (Å²) in [7, 11) is 0. The molecule has 4 nitrogen and oxygen atoms in total. The molecule has 35 heavy (non-hydrogen) atoms. The summed E-state index contributed by atoms with van der Waals surface area (Å²) in [5, 5.41) is 10.7. The average Bonchev–Trinajstić information content (AvgIpc) is 2.77. The van der Waals surface area contributed by atoms with Crippen molar-refractivity contribution in [3.8, 4) is 17.2 Å². The molecule has 4 heteroatoms. The van der Waals surface area contributed by atoms with Crippen LogP contribution in [0.3, 0.4) is 0 Å². The number of ether oxygens (including phenoxy) is 2. The SMILES string of the molecule is CC[C@H](C)C(=O)c1c(O)cc(OC/C=C(\C)CCC=C(C)C)cc1OC/C=C(\C)CCC=C(C)C. The van der Waals surface area contributed by atoms with Gasteiger partial charge in [0.1, 0.15) is 36.0 Å². The number of phenolic OH excluding ortho intramolecular Hbond substituents is 1. The van der Waals surface area contributed by atoms with Crippen molar-refractivity contribution >= 4 is 5.78 Å². The van der Waals surface area contributed by atoms with Crippen LogP contribution in [0.4, 0.5) is 0 Å². The van der Waals surface area contributed by atoms with Crippen molar-refractivity contribution in [2.75, 3.05) is 13.2 Å². The van der Waals surface area contributed by atoms with Gasteiger partial charge in [0.15, 0.2) is 5.78 Å². The van der Waals surface area contributed by atoms with Crippen LogP contribution in [0.1, 0.15) is 97.9 Å². The zero-order chi connectivity index (χ0) is 26.4. The molecule has 0 bridgehead atoms. The second-order valence-electron chi connectivity index (χ2n) is 9.85. The minimum atomic E-state index is -0.206. The first-order valence-electron chi connectivity index (χ1n) is 12.8. The number of rotatable bonds is 15. The molecule has 0 radical (unpaired) electrons. The van der Waals surface area contributed by atoms with Gasteiger partial charge >= 0.3 is 0 Å². The number of Topliss-reactive ketones (excluding diaryl/α,β-unsaturated/α-hetero) is 1. The second kappa shape index (κ2) is 16.0. The van der Waals surface area contributed by atoms with Gasteiger partial charge in [-0.15, -0.1) is 0 Å². The van der Waals surface area contributed by atoms with E-state index in [4.69, 9.17) is 9.47 Å². The minimum absolute atomic E-state index is 0.101. The highest BCUT2D eigenvalue weighted by atomic mass is 16.5. The molecule has 0 spiro atoms. The number of hydrogen-bond acceptors (Lipinski definition) is 4. The lowest BCUT2D eigenvalue weighted by Gasteiger charge is -2.16. The van der Waals surface area contributed by atoms with Gasteiger partial charge in [-0.25, -0.2) is 0 Å². The van der Waals surface area contributed by atoms with Crippen molar-refractivity contribution in [3.63, 3.8) is 0 Å². The van der Waals surface area contributed by atoms with Gasteiger partial charge in [-0.05, 0) is 85.8 Å². The van der Waals surface area contributed by atoms with Crippen molar-refractivity contribution in [2.24, 2.45) is 5.92 Å². The van der Waals surface area contributed by atoms with E-state index in [2.05, 4.69) is 53.7 Å². The number of carbonyl (C=O) groups excluding carboxylic acids is 1. The molecular formula is C31H46O4. The molecule has 0 amide bonds. The summed E-state index contributed by atoms with van der Waals surface area (Å²) >= 11 is 0. The molecule has 0 unspecified atom stereocenters. The maximum atomic E-state index is 13.0. The smallest absolute Gasteiger partial charge is 0.173 e. The third-order valence-electron chi connectivity index (χ3n) is 5.90. The van der Waals surface area contributed by atoms with Gasteiger partial charge in [0.05, 0.1) is 0 Å². The molecule has 0 saturated heterocycles. The van der Waals surface area contributed by atoms with E-state index in [1.165, 1.54) is 28.4 Å². The quantitative estimate of drug-likeness (QED) is 0.200. The Morgan fingerprint density at radius 2 is 1.37 bits per heavy atom. The standard InChI is InChI=1S/C31H46O4/c1-9-26(8)31(33)30-28(32)20-27(34-18-16-24(6)14-10-12-22(2)3)21-29(30)35-19-17-25(7)15-11-13-23(4)5/h12-13,16-17,20-21,26,32H,9-11,14-15,18-19H2,1-8H3/b24-16+,25-17+/t26-/m0/s1. The van der Waals surface area contributed by atoms with Crippen molar-refractivity contribution in [1.29, 1.82) is 0 Å². The minimum Gasteiger partial charge on any atom is -0.507 e. The van der Waals surface area contributed by atoms with E-state index in [1.807, 2.05) is 26.0 Å². The summed E-state index contributed by atoms with van der Waals surface area (Å²) in [6, 6.07) is 3.23. The van der Waals surface area contributed by atoms with Gasteiger partial charge in [0, 0.05) is 18.1 Å². The third-order valence-corrected chi connectivity index (χ3v) is 5.90. The Balaban J connectivity index is 3.00. The number of hydrogen-bond donors (Lipinski definition) is 1. The van der Waals surface area contributed by atoms with E-state index in [0.29, 0.717) is 31.1 Å². The summed E-state index contributed by atoms with van der Waals surface area (Å²) in [5.41, 5.74) is 5.34. The predicted octanol–water partition coefficient (Wildman–Crippen LogP) is 8.76. The van der Waals surface area contributed by atoms with Gasteiger partial charge in [0.25, 0.3) is 0 Å². The van der Waals surface area contributed by atoms with Gasteiger partial charge in [0.2, 0.25) is 0 Å². The molecule has 1 rings (SSSR count). The van der Waals surface area contributed by atoms with Crippen molar-refractivity contribution in [2.45, 2.75) is 87.5 Å². The summed E-state index contributed by atoms with van der Waals surface area (Å²) in [6.45, 7) is 17.1. The van der Waals surface area contributed by atoms with Crippen LogP contribution in [0.5, 0.6) is 17.2 Å². The summed E-state index contributed by atoms with van der Waals surface area (Å²) < 4.78 is 11.9. The molecule has 0 heterocycles. The molecule has 0 saturated carbocycles. The van der Waals surface area contributed by atoms with E-state index in [-0.39, 0.29) is 23.0 Å². The molecule has 0 fully saturated rings. The van der Waals surface area contributed by atoms with Crippen molar-refractivity contribution in [3.05, 3.63) is 64.3 Å². The number of carbonyl (C=O) groups is 1. The average molecular weight is 483 g/mol. The van der Waals surface area contributed by atoms with Crippen LogP contribution >= 0.6 is 0 Å². The number of allylic oxidation sites excluding steroid dienone is 6. The van der Waals surface area contributed by atoms with Gasteiger partial charge in [-0.3, -0.25) is 4.79 Å². The third kappa shape index (κ3) is 12.0. The lowest BCUT2D eigenvalue weighted by atomic mass is 9.95. The van der Waals surface area contributed by atoms with Crippen LogP contribution in [0.2, 0.25) is 0 Å². The summed E-state index contributed by atoms with van der Waals surface area (Å²) in [4.78, 5) is 13.0. The van der Waals surface area contributed by atoms with E-state index < -0.39 is 0 Å². The largest absolute Gasteiger partial charge is 0.507 e. The van der Waals surface area contributed by atoms with E-state index in [0.717, 1.165) is 25.7 Å². The van der Waals surface area contributed by atoms with Crippen molar-refractivity contribution < 1.29 is 19.4 Å². The molecule has 0 aromatic heterocycles. The lowest BCUT2D eigenvalue weighted by molar-refractivity contribution is 0.0920. The van der Waals surface area contributed by atoms with Crippen LogP contribution in [0.15, 0.2) is 58.7 Å². The number of ketones is 1. The van der Waals surface area contributed by atoms with Crippen LogP contribution < -0.4 is 9.47 Å². The van der Waals surface area contributed by atoms with Crippen LogP contribution in [-0.4, -0.2) is 24.1 Å². The first kappa shape index (κ1) is 30.3. The zero-order valence-electron chi connectivity index (χ0n) is 23.2. The normalized spacial score (nSPS) is 12.7. The van der Waals surface area contributed by atoms with E-state index in [1.54, 1.807) is 6.07 Å². The summed E-state index contributed by atoms with van der Waals surface area (Å²) in [5.74, 6) is 0.420. The Morgan fingerprint density at radius 1 is 0.857 bits per heavy atom. The zero-order valence-corrected chi connectivity index (χ0v) is 23.2. The summed E-state index contributed by atoms with van der Waals surface area (Å²) in [6.07, 6.45) is 13.2. The fourth-order valence-corrected chi connectivity index (χ4v) is 3.39. The number of phenols is 1. The molecule has 1 aromatic carbocycles. The highest BCUT2D eigenvalue weighted by Crippen LogP contribution is 2.36. The van der Waals surface area contributed by atoms with Crippen molar-refractivity contribution in [1.82, 2.24) is 0 Å². The molecular weight excluding hydrogens is 436 g/mol. The fraction of sp³-hybridized carbons (Fsp3) is 0.516. The van der Waals surface area contributed by atoms with Crippen LogP contribution in [-0.2, 0) is 0 Å². The Bertz CT molecular complexity index is 939. The maximum absolute atomic E-state index is 13.0. The first-order valence-corrected chi connectivity index (χ1v) is 12.8. The number of benzene rings is 1. The molecule has 1 atom stereocenters. The molecule has 0 aliphatic carbocycles. The Hall–Kier alpha value is -2.75. The highest BCUT2D eigenvalue weighted by molar-refractivity contribution is 6.02. The number of aromatic hydroxyl groups is 1. The molecule has 0 aliphatic heterocycles. The Labute approximate surface area is 213 Å². The van der Waals surface area contributed by atoms with Gasteiger partial charge in [-0.1, -0.05) is 48.3 Å². The maximum Gasteiger partial charge on any atom is 0.173 e. The predicted molar refractivity (Wildman–Crippen MR) is 148 cm³/mol. The fourth-order valence-electron chi connectivity index (χ4n) is 3.39. The second-order valence-corrected chi connectivity index (χ2v) is 9.85. The topological polar surface area (TPSA) is 55.8 Å². The highest BCUT2D eigenvalue weighted by Gasteiger charge is 2.23.